The zero-order chi connectivity index (χ0) is 15.2. The van der Waals surface area contributed by atoms with Crippen molar-refractivity contribution in [1.82, 2.24) is 4.90 Å². The lowest BCUT2D eigenvalue weighted by Gasteiger charge is -2.18. The van der Waals surface area contributed by atoms with Crippen molar-refractivity contribution in [2.75, 3.05) is 20.2 Å². The minimum atomic E-state index is 0.0757. The van der Waals surface area contributed by atoms with Gasteiger partial charge in [0.25, 0.3) is 0 Å². The third-order valence-corrected chi connectivity index (χ3v) is 3.87. The molecular formula is C16H18BrNO3. The summed E-state index contributed by atoms with van der Waals surface area (Å²) in [5.41, 5.74) is 0.667. The first-order valence-electron chi connectivity index (χ1n) is 6.75. The van der Waals surface area contributed by atoms with Gasteiger partial charge in [-0.25, -0.2) is 0 Å². The Kier molecular flexibility index (Phi) is 5.59. The molecule has 0 radical (unpaired) electrons. The van der Waals surface area contributed by atoms with Crippen LogP contribution in [-0.4, -0.2) is 30.9 Å². The first kappa shape index (κ1) is 15.8. The number of carbonyl (C=O) groups is 1. The van der Waals surface area contributed by atoms with Crippen molar-refractivity contribution in [3.8, 4) is 5.75 Å². The highest BCUT2D eigenvalue weighted by Gasteiger charge is 2.14. The van der Waals surface area contributed by atoms with E-state index in [9.17, 15) is 4.79 Å². The predicted molar refractivity (Wildman–Crippen MR) is 84.7 cm³/mol. The van der Waals surface area contributed by atoms with E-state index in [0.29, 0.717) is 18.7 Å². The standard InChI is InChI=1S/C16H18BrNO3/c1-3-18(10-13-5-4-8-21-13)11-15(19)12-6-7-16(20-2)14(17)9-12/h4-9H,3,10-11H2,1-2H3. The van der Waals surface area contributed by atoms with E-state index in [-0.39, 0.29) is 5.78 Å². The van der Waals surface area contributed by atoms with Gasteiger partial charge in [-0.15, -0.1) is 0 Å². The molecule has 2 rings (SSSR count). The van der Waals surface area contributed by atoms with Gasteiger partial charge in [-0.3, -0.25) is 9.69 Å². The number of rotatable bonds is 7. The molecule has 0 unspecified atom stereocenters. The first-order valence-corrected chi connectivity index (χ1v) is 7.54. The van der Waals surface area contributed by atoms with E-state index >= 15 is 0 Å². The first-order chi connectivity index (χ1) is 10.1. The number of halogens is 1. The molecule has 0 aliphatic rings. The van der Waals surface area contributed by atoms with Gasteiger partial charge in [0.2, 0.25) is 0 Å². The molecule has 1 aromatic carbocycles. The molecule has 0 saturated heterocycles. The van der Waals surface area contributed by atoms with Crippen LogP contribution in [-0.2, 0) is 6.54 Å². The van der Waals surface area contributed by atoms with Crippen molar-refractivity contribution in [1.29, 1.82) is 0 Å². The molecule has 0 amide bonds. The largest absolute Gasteiger partial charge is 0.496 e. The molecule has 2 aromatic rings. The fraction of sp³-hybridized carbons (Fsp3) is 0.312. The molecule has 0 bridgehead atoms. The van der Waals surface area contributed by atoms with Gasteiger partial charge in [0.15, 0.2) is 5.78 Å². The van der Waals surface area contributed by atoms with E-state index in [1.165, 1.54) is 0 Å². The number of likely N-dealkylation sites (N-methyl/N-ethyl adjacent to an activating group) is 1. The smallest absolute Gasteiger partial charge is 0.176 e. The van der Waals surface area contributed by atoms with Crippen LogP contribution in [0.3, 0.4) is 0 Å². The highest BCUT2D eigenvalue weighted by Crippen LogP contribution is 2.25. The van der Waals surface area contributed by atoms with Crippen LogP contribution in [0.15, 0.2) is 45.5 Å². The molecule has 5 heteroatoms. The summed E-state index contributed by atoms with van der Waals surface area (Å²) in [4.78, 5) is 14.4. The highest BCUT2D eigenvalue weighted by atomic mass is 79.9. The molecule has 0 fully saturated rings. The summed E-state index contributed by atoms with van der Waals surface area (Å²) in [6.07, 6.45) is 1.64. The van der Waals surface area contributed by atoms with Crippen molar-refractivity contribution in [3.63, 3.8) is 0 Å². The summed E-state index contributed by atoms with van der Waals surface area (Å²) in [6, 6.07) is 9.14. The van der Waals surface area contributed by atoms with Crippen LogP contribution in [0.1, 0.15) is 23.0 Å². The van der Waals surface area contributed by atoms with Gasteiger partial charge in [-0.05, 0) is 52.8 Å². The van der Waals surface area contributed by atoms with Gasteiger partial charge >= 0.3 is 0 Å². The second-order valence-corrected chi connectivity index (χ2v) is 5.51. The van der Waals surface area contributed by atoms with Crippen molar-refractivity contribution < 1.29 is 13.9 Å². The number of hydrogen-bond donors (Lipinski definition) is 0. The Balaban J connectivity index is 2.03. The highest BCUT2D eigenvalue weighted by molar-refractivity contribution is 9.10. The molecular weight excluding hydrogens is 334 g/mol. The van der Waals surface area contributed by atoms with E-state index in [1.807, 2.05) is 24.0 Å². The van der Waals surface area contributed by atoms with E-state index in [1.54, 1.807) is 31.6 Å². The molecule has 1 aromatic heterocycles. The van der Waals surface area contributed by atoms with Crippen LogP contribution in [0, 0.1) is 0 Å². The van der Waals surface area contributed by atoms with Gasteiger partial charge in [-0.1, -0.05) is 6.92 Å². The summed E-state index contributed by atoms with van der Waals surface area (Å²) >= 11 is 3.40. The lowest BCUT2D eigenvalue weighted by Crippen LogP contribution is -2.29. The number of ether oxygens (including phenoxy) is 1. The normalized spacial score (nSPS) is 10.9. The Labute approximate surface area is 132 Å². The summed E-state index contributed by atoms with van der Waals surface area (Å²) in [5.74, 6) is 1.65. The second-order valence-electron chi connectivity index (χ2n) is 4.66. The fourth-order valence-corrected chi connectivity index (χ4v) is 2.58. The summed E-state index contributed by atoms with van der Waals surface area (Å²) in [7, 11) is 1.60. The zero-order valence-corrected chi connectivity index (χ0v) is 13.7. The monoisotopic (exact) mass is 351 g/mol. The van der Waals surface area contributed by atoms with Crippen molar-refractivity contribution in [2.45, 2.75) is 13.5 Å². The number of methoxy groups -OCH3 is 1. The quantitative estimate of drug-likeness (QED) is 0.712. The number of Topliss-reactive ketones (excluding diaryl/α,β-unsaturated/α-hetero) is 1. The van der Waals surface area contributed by atoms with Crippen LogP contribution in [0.25, 0.3) is 0 Å². The number of carbonyl (C=O) groups excluding carboxylic acids is 1. The average molecular weight is 352 g/mol. The molecule has 0 N–H and O–H groups in total. The minimum absolute atomic E-state index is 0.0757. The van der Waals surface area contributed by atoms with Crippen LogP contribution in [0.2, 0.25) is 0 Å². The van der Waals surface area contributed by atoms with Crippen molar-refractivity contribution in [2.24, 2.45) is 0 Å². The average Bonchev–Trinajstić information content (AvgIpc) is 2.99. The molecule has 0 atom stereocenters. The van der Waals surface area contributed by atoms with Gasteiger partial charge in [0.1, 0.15) is 11.5 Å². The number of benzene rings is 1. The maximum Gasteiger partial charge on any atom is 0.176 e. The van der Waals surface area contributed by atoms with Crippen molar-refractivity contribution in [3.05, 3.63) is 52.4 Å². The molecule has 21 heavy (non-hydrogen) atoms. The Hall–Kier alpha value is -1.59. The number of hydrogen-bond acceptors (Lipinski definition) is 4. The Morgan fingerprint density at radius 1 is 1.38 bits per heavy atom. The SMILES string of the molecule is CCN(CC(=O)c1ccc(OC)c(Br)c1)Cc1ccco1. The Bertz CT molecular complexity index is 596. The fourth-order valence-electron chi connectivity index (χ4n) is 2.04. The Morgan fingerprint density at radius 3 is 2.76 bits per heavy atom. The molecule has 0 aliphatic carbocycles. The number of nitrogens with zero attached hydrogens (tertiary/aromatic N) is 1. The van der Waals surface area contributed by atoms with Gasteiger partial charge < -0.3 is 9.15 Å². The van der Waals surface area contributed by atoms with Gasteiger partial charge in [0, 0.05) is 5.56 Å². The third kappa shape index (κ3) is 4.19. The lowest BCUT2D eigenvalue weighted by molar-refractivity contribution is 0.0925. The number of furan rings is 1. The van der Waals surface area contributed by atoms with Crippen LogP contribution in [0.5, 0.6) is 5.75 Å². The van der Waals surface area contributed by atoms with Crippen molar-refractivity contribution >= 4 is 21.7 Å². The maximum atomic E-state index is 12.4. The molecule has 0 aliphatic heterocycles. The minimum Gasteiger partial charge on any atom is -0.496 e. The maximum absolute atomic E-state index is 12.4. The lowest BCUT2D eigenvalue weighted by atomic mass is 10.1. The van der Waals surface area contributed by atoms with Gasteiger partial charge in [0.05, 0.1) is 30.9 Å². The molecule has 1 heterocycles. The number of ketones is 1. The summed E-state index contributed by atoms with van der Waals surface area (Å²) < 4.78 is 11.3. The molecule has 4 nitrogen and oxygen atoms in total. The van der Waals surface area contributed by atoms with Crippen LogP contribution >= 0.6 is 15.9 Å². The van der Waals surface area contributed by atoms with E-state index in [2.05, 4.69) is 15.9 Å². The van der Waals surface area contributed by atoms with Crippen LogP contribution in [0.4, 0.5) is 0 Å². The zero-order valence-electron chi connectivity index (χ0n) is 12.1. The van der Waals surface area contributed by atoms with Crippen LogP contribution < -0.4 is 4.74 Å². The summed E-state index contributed by atoms with van der Waals surface area (Å²) in [5, 5.41) is 0. The van der Waals surface area contributed by atoms with Gasteiger partial charge in [-0.2, -0.15) is 0 Å². The topological polar surface area (TPSA) is 42.7 Å². The predicted octanol–water partition coefficient (Wildman–Crippen LogP) is 3.76. The molecule has 0 spiro atoms. The molecule has 112 valence electrons. The third-order valence-electron chi connectivity index (χ3n) is 3.25. The second kappa shape index (κ2) is 7.43. The van der Waals surface area contributed by atoms with E-state index in [4.69, 9.17) is 9.15 Å². The van der Waals surface area contributed by atoms with E-state index in [0.717, 1.165) is 22.5 Å². The molecule has 0 saturated carbocycles. The van der Waals surface area contributed by atoms with E-state index < -0.39 is 0 Å². The Morgan fingerprint density at radius 2 is 2.19 bits per heavy atom. The summed E-state index contributed by atoms with van der Waals surface area (Å²) in [6.45, 7) is 3.80.